The van der Waals surface area contributed by atoms with Crippen molar-refractivity contribution in [2.45, 2.75) is 13.3 Å². The lowest BCUT2D eigenvalue weighted by molar-refractivity contribution is -0.104. The molecular weight excluding hydrogens is 262 g/mol. The van der Waals surface area contributed by atoms with Gasteiger partial charge in [0.2, 0.25) is 0 Å². The molecule has 0 atom stereocenters. The molecule has 0 saturated carbocycles. The minimum atomic E-state index is 0.580. The summed E-state index contributed by atoms with van der Waals surface area (Å²) in [6.45, 7) is 2.01. The average molecular weight is 280 g/mol. The molecule has 0 amide bonds. The zero-order valence-electron chi connectivity index (χ0n) is 11.4. The van der Waals surface area contributed by atoms with Crippen molar-refractivity contribution in [3.8, 4) is 5.75 Å². The summed E-state index contributed by atoms with van der Waals surface area (Å²) in [7, 11) is 3.42. The lowest BCUT2D eigenvalue weighted by atomic mass is 10.0. The molecule has 0 aliphatic rings. The SMILES string of the molecule is CNc1cc(C/C(C)=C/C=C/C=O)cc(OC)c1Cl. The fourth-order valence-corrected chi connectivity index (χ4v) is 2.01. The van der Waals surface area contributed by atoms with Gasteiger partial charge < -0.3 is 10.1 Å². The third-order valence-electron chi connectivity index (χ3n) is 2.64. The van der Waals surface area contributed by atoms with Gasteiger partial charge in [-0.3, -0.25) is 4.79 Å². The molecule has 3 nitrogen and oxygen atoms in total. The van der Waals surface area contributed by atoms with E-state index in [-0.39, 0.29) is 0 Å². The van der Waals surface area contributed by atoms with E-state index in [1.165, 1.54) is 6.08 Å². The summed E-state index contributed by atoms with van der Waals surface area (Å²) in [5, 5.41) is 3.62. The minimum absolute atomic E-state index is 0.580. The molecule has 0 aromatic heterocycles. The molecule has 19 heavy (non-hydrogen) atoms. The molecule has 0 saturated heterocycles. The van der Waals surface area contributed by atoms with Crippen molar-refractivity contribution in [3.05, 3.63) is 46.5 Å². The summed E-state index contributed by atoms with van der Waals surface area (Å²) in [4.78, 5) is 10.2. The lowest BCUT2D eigenvalue weighted by Crippen LogP contribution is -1.96. The van der Waals surface area contributed by atoms with Gasteiger partial charge in [-0.05, 0) is 37.1 Å². The number of rotatable bonds is 6. The highest BCUT2D eigenvalue weighted by atomic mass is 35.5. The van der Waals surface area contributed by atoms with Crippen LogP contribution in [0.4, 0.5) is 5.69 Å². The molecule has 0 spiro atoms. The van der Waals surface area contributed by atoms with Crippen LogP contribution in [0.5, 0.6) is 5.75 Å². The molecule has 1 aromatic rings. The summed E-state index contributed by atoms with van der Waals surface area (Å²) in [6.07, 6.45) is 6.63. The Balaban J connectivity index is 2.98. The number of ether oxygens (including phenoxy) is 1. The van der Waals surface area contributed by atoms with Crippen molar-refractivity contribution >= 4 is 23.6 Å². The number of methoxy groups -OCH3 is 1. The molecule has 4 heteroatoms. The van der Waals surface area contributed by atoms with Crippen LogP contribution in [0.1, 0.15) is 12.5 Å². The quantitative estimate of drug-likeness (QED) is 0.491. The van der Waals surface area contributed by atoms with Gasteiger partial charge in [-0.2, -0.15) is 0 Å². The molecule has 0 unspecified atom stereocenters. The Bertz CT molecular complexity index is 482. The van der Waals surface area contributed by atoms with Crippen LogP contribution in [0.25, 0.3) is 0 Å². The van der Waals surface area contributed by atoms with E-state index in [0.29, 0.717) is 10.8 Å². The number of hydrogen-bond acceptors (Lipinski definition) is 3. The number of benzene rings is 1. The Morgan fingerprint density at radius 1 is 1.42 bits per heavy atom. The van der Waals surface area contributed by atoms with Gasteiger partial charge in [0.25, 0.3) is 0 Å². The van der Waals surface area contributed by atoms with Crippen molar-refractivity contribution in [3.63, 3.8) is 0 Å². The van der Waals surface area contributed by atoms with Gasteiger partial charge in [-0.15, -0.1) is 0 Å². The number of allylic oxidation sites excluding steroid dienone is 4. The van der Waals surface area contributed by atoms with Crippen LogP contribution in [0, 0.1) is 0 Å². The molecule has 0 bridgehead atoms. The maximum Gasteiger partial charge on any atom is 0.142 e. The summed E-state index contributed by atoms with van der Waals surface area (Å²) in [5.74, 6) is 0.653. The monoisotopic (exact) mass is 279 g/mol. The molecular formula is C15H18ClNO2. The van der Waals surface area contributed by atoms with Crippen LogP contribution in [-0.4, -0.2) is 20.4 Å². The Labute approximate surface area is 118 Å². The van der Waals surface area contributed by atoms with E-state index >= 15 is 0 Å². The number of carbonyl (C=O) groups is 1. The average Bonchev–Trinajstić information content (AvgIpc) is 2.40. The molecule has 0 aliphatic carbocycles. The molecule has 0 radical (unpaired) electrons. The van der Waals surface area contributed by atoms with Crippen molar-refractivity contribution in [2.24, 2.45) is 0 Å². The van der Waals surface area contributed by atoms with Gasteiger partial charge >= 0.3 is 0 Å². The van der Waals surface area contributed by atoms with E-state index in [4.69, 9.17) is 16.3 Å². The zero-order valence-corrected chi connectivity index (χ0v) is 12.1. The van der Waals surface area contributed by atoms with Crippen molar-refractivity contribution in [2.75, 3.05) is 19.5 Å². The second-order valence-electron chi connectivity index (χ2n) is 4.12. The Morgan fingerprint density at radius 2 is 2.16 bits per heavy atom. The summed E-state index contributed by atoms with van der Waals surface area (Å²) in [6, 6.07) is 3.91. The molecule has 0 heterocycles. The maximum atomic E-state index is 10.2. The number of nitrogens with one attached hydrogen (secondary N) is 1. The van der Waals surface area contributed by atoms with Crippen LogP contribution in [0.15, 0.2) is 35.9 Å². The van der Waals surface area contributed by atoms with Gasteiger partial charge in [0, 0.05) is 7.05 Å². The third-order valence-corrected chi connectivity index (χ3v) is 3.03. The number of aldehydes is 1. The van der Waals surface area contributed by atoms with Crippen LogP contribution in [-0.2, 0) is 11.2 Å². The third kappa shape index (κ3) is 4.45. The molecule has 0 fully saturated rings. The highest BCUT2D eigenvalue weighted by Gasteiger charge is 2.08. The van der Waals surface area contributed by atoms with Crippen LogP contribution < -0.4 is 10.1 Å². The van der Waals surface area contributed by atoms with Gasteiger partial charge in [0.05, 0.1) is 12.8 Å². The smallest absolute Gasteiger partial charge is 0.142 e. The standard InChI is InChI=1S/C15H18ClNO2/c1-11(6-4-5-7-18)8-12-9-13(17-2)15(16)14(10-12)19-3/h4-7,9-10,17H,8H2,1-3H3/b5-4+,11-6+. The van der Waals surface area contributed by atoms with E-state index < -0.39 is 0 Å². The lowest BCUT2D eigenvalue weighted by Gasteiger charge is -2.12. The second kappa shape index (κ2) is 7.64. The number of hydrogen-bond donors (Lipinski definition) is 1. The van der Waals surface area contributed by atoms with Crippen LogP contribution in [0.2, 0.25) is 5.02 Å². The predicted molar refractivity (Wildman–Crippen MR) is 80.2 cm³/mol. The second-order valence-corrected chi connectivity index (χ2v) is 4.50. The van der Waals surface area contributed by atoms with E-state index in [1.54, 1.807) is 13.2 Å². The first kappa shape index (κ1) is 15.3. The fourth-order valence-electron chi connectivity index (χ4n) is 1.73. The molecule has 1 aromatic carbocycles. The van der Waals surface area contributed by atoms with Gasteiger partial charge in [-0.1, -0.05) is 29.3 Å². The Hall–Kier alpha value is -1.74. The van der Waals surface area contributed by atoms with Crippen LogP contribution in [0.3, 0.4) is 0 Å². The first-order chi connectivity index (χ1) is 9.12. The van der Waals surface area contributed by atoms with Crippen molar-refractivity contribution in [1.29, 1.82) is 0 Å². The minimum Gasteiger partial charge on any atom is -0.495 e. The van der Waals surface area contributed by atoms with E-state index in [0.717, 1.165) is 29.5 Å². The highest BCUT2D eigenvalue weighted by molar-refractivity contribution is 6.34. The largest absolute Gasteiger partial charge is 0.495 e. The number of anilines is 1. The molecule has 1 N–H and O–H groups in total. The molecule has 1 rings (SSSR count). The van der Waals surface area contributed by atoms with E-state index in [2.05, 4.69) is 5.32 Å². The van der Waals surface area contributed by atoms with Crippen molar-refractivity contribution in [1.82, 2.24) is 0 Å². The molecule has 0 aliphatic heterocycles. The summed E-state index contributed by atoms with van der Waals surface area (Å²) in [5.41, 5.74) is 3.08. The number of halogens is 1. The topological polar surface area (TPSA) is 38.3 Å². The van der Waals surface area contributed by atoms with Crippen LogP contribution >= 0.6 is 11.6 Å². The van der Waals surface area contributed by atoms with E-state index in [1.807, 2.05) is 32.2 Å². The van der Waals surface area contributed by atoms with Gasteiger partial charge in [0.15, 0.2) is 0 Å². The fraction of sp³-hybridized carbons (Fsp3) is 0.267. The van der Waals surface area contributed by atoms with Crippen molar-refractivity contribution < 1.29 is 9.53 Å². The zero-order chi connectivity index (χ0) is 14.3. The Kier molecular flexibility index (Phi) is 6.16. The van der Waals surface area contributed by atoms with Gasteiger partial charge in [0.1, 0.15) is 17.1 Å². The first-order valence-corrected chi connectivity index (χ1v) is 6.32. The highest BCUT2D eigenvalue weighted by Crippen LogP contribution is 2.34. The normalized spacial score (nSPS) is 11.7. The summed E-state index contributed by atoms with van der Waals surface area (Å²) >= 11 is 6.17. The number of carbonyl (C=O) groups excluding carboxylic acids is 1. The Morgan fingerprint density at radius 3 is 2.74 bits per heavy atom. The van der Waals surface area contributed by atoms with E-state index in [9.17, 15) is 4.79 Å². The molecule has 102 valence electrons. The maximum absolute atomic E-state index is 10.2. The first-order valence-electron chi connectivity index (χ1n) is 5.94. The summed E-state index contributed by atoms with van der Waals surface area (Å²) < 4.78 is 5.26. The predicted octanol–water partition coefficient (Wildman–Crippen LogP) is 3.63. The van der Waals surface area contributed by atoms with Gasteiger partial charge in [-0.25, -0.2) is 0 Å².